The van der Waals surface area contributed by atoms with Crippen LogP contribution in [0.25, 0.3) is 0 Å². The molecule has 17 heavy (non-hydrogen) atoms. The summed E-state index contributed by atoms with van der Waals surface area (Å²) in [6.45, 7) is 4.52. The fourth-order valence-electron chi connectivity index (χ4n) is 2.24. The molecule has 0 spiro atoms. The molecular formula is C15H26N2. The van der Waals surface area contributed by atoms with Crippen molar-refractivity contribution in [3.63, 3.8) is 0 Å². The first-order chi connectivity index (χ1) is 8.38. The summed E-state index contributed by atoms with van der Waals surface area (Å²) in [6, 6.07) is 4.14. The highest BCUT2D eigenvalue weighted by atomic mass is 15.1. The monoisotopic (exact) mass is 234 g/mol. The van der Waals surface area contributed by atoms with E-state index in [0.717, 1.165) is 0 Å². The number of hydrogen-bond acceptors (Lipinski definition) is 2. The maximum atomic E-state index is 4.28. The lowest BCUT2D eigenvalue weighted by molar-refractivity contribution is 0.496. The number of rotatable bonds is 9. The second-order valence-corrected chi connectivity index (χ2v) is 4.84. The summed E-state index contributed by atoms with van der Waals surface area (Å²) in [6.07, 6.45) is 12.2. The van der Waals surface area contributed by atoms with Crippen LogP contribution in [-0.4, -0.2) is 10.2 Å². The number of unbranched alkanes of at least 4 members (excludes halogenated alkanes) is 4. The molecule has 0 amide bonds. The van der Waals surface area contributed by atoms with Crippen LogP contribution in [0.3, 0.4) is 0 Å². The quantitative estimate of drug-likeness (QED) is 0.578. The van der Waals surface area contributed by atoms with Crippen molar-refractivity contribution in [2.45, 2.75) is 71.1 Å². The standard InChI is InChI=1S/C15H26N2/c1-3-5-7-8-11-14(10-6-4-2)15-12-9-13-16-17-15/h9,12-14H,3-8,10-11H2,1-2H3. The van der Waals surface area contributed by atoms with E-state index in [4.69, 9.17) is 0 Å². The Hall–Kier alpha value is -0.920. The smallest absolute Gasteiger partial charge is 0.0661 e. The molecular weight excluding hydrogens is 208 g/mol. The zero-order valence-corrected chi connectivity index (χ0v) is 11.4. The van der Waals surface area contributed by atoms with Gasteiger partial charge in [0, 0.05) is 12.1 Å². The molecule has 1 rings (SSSR count). The predicted molar refractivity (Wildman–Crippen MR) is 73.1 cm³/mol. The van der Waals surface area contributed by atoms with E-state index >= 15 is 0 Å². The summed E-state index contributed by atoms with van der Waals surface area (Å²) in [5.41, 5.74) is 1.19. The molecule has 0 aromatic carbocycles. The average molecular weight is 234 g/mol. The van der Waals surface area contributed by atoms with Crippen molar-refractivity contribution in [1.29, 1.82) is 0 Å². The normalized spacial score (nSPS) is 12.6. The van der Waals surface area contributed by atoms with Gasteiger partial charge in [-0.1, -0.05) is 52.4 Å². The largest absolute Gasteiger partial charge is 0.159 e. The van der Waals surface area contributed by atoms with Gasteiger partial charge >= 0.3 is 0 Å². The van der Waals surface area contributed by atoms with Gasteiger partial charge in [-0.15, -0.1) is 0 Å². The number of hydrogen-bond donors (Lipinski definition) is 0. The van der Waals surface area contributed by atoms with Crippen molar-refractivity contribution in [3.05, 3.63) is 24.0 Å². The van der Waals surface area contributed by atoms with Crippen molar-refractivity contribution >= 4 is 0 Å². The molecule has 0 saturated heterocycles. The van der Waals surface area contributed by atoms with E-state index in [1.165, 1.54) is 57.1 Å². The van der Waals surface area contributed by atoms with Gasteiger partial charge in [0.2, 0.25) is 0 Å². The molecule has 0 radical (unpaired) electrons. The molecule has 2 heteroatoms. The van der Waals surface area contributed by atoms with E-state index in [1.807, 2.05) is 6.07 Å². The van der Waals surface area contributed by atoms with E-state index < -0.39 is 0 Å². The van der Waals surface area contributed by atoms with Crippen molar-refractivity contribution in [3.8, 4) is 0 Å². The van der Waals surface area contributed by atoms with Gasteiger partial charge in [-0.2, -0.15) is 10.2 Å². The van der Waals surface area contributed by atoms with Gasteiger partial charge in [-0.05, 0) is 25.0 Å². The Morgan fingerprint density at radius 2 is 1.76 bits per heavy atom. The number of aromatic nitrogens is 2. The van der Waals surface area contributed by atoms with Gasteiger partial charge in [0.1, 0.15) is 0 Å². The third kappa shape index (κ3) is 5.81. The van der Waals surface area contributed by atoms with E-state index in [1.54, 1.807) is 6.20 Å². The summed E-state index contributed by atoms with van der Waals surface area (Å²) >= 11 is 0. The molecule has 0 aliphatic heterocycles. The Balaban J connectivity index is 2.43. The molecule has 1 heterocycles. The summed E-state index contributed by atoms with van der Waals surface area (Å²) < 4.78 is 0. The van der Waals surface area contributed by atoms with Crippen LogP contribution >= 0.6 is 0 Å². The summed E-state index contributed by atoms with van der Waals surface area (Å²) in [5, 5.41) is 8.29. The Morgan fingerprint density at radius 3 is 2.41 bits per heavy atom. The highest BCUT2D eigenvalue weighted by Crippen LogP contribution is 2.26. The summed E-state index contributed by atoms with van der Waals surface area (Å²) in [5.74, 6) is 0.625. The molecule has 96 valence electrons. The minimum atomic E-state index is 0.625. The first-order valence-corrected chi connectivity index (χ1v) is 7.16. The molecule has 0 saturated carbocycles. The predicted octanol–water partition coefficient (Wildman–Crippen LogP) is 4.72. The highest BCUT2D eigenvalue weighted by Gasteiger charge is 2.12. The third-order valence-electron chi connectivity index (χ3n) is 3.32. The highest BCUT2D eigenvalue weighted by molar-refractivity contribution is 5.06. The molecule has 0 aliphatic rings. The van der Waals surface area contributed by atoms with Crippen LogP contribution in [0.15, 0.2) is 18.3 Å². The SMILES string of the molecule is CCCCCCC(CCCC)c1cccnn1. The second kappa shape index (κ2) is 9.15. The van der Waals surface area contributed by atoms with Gasteiger partial charge in [0.25, 0.3) is 0 Å². The van der Waals surface area contributed by atoms with E-state index in [0.29, 0.717) is 5.92 Å². The minimum absolute atomic E-state index is 0.625. The lowest BCUT2D eigenvalue weighted by atomic mass is 9.92. The van der Waals surface area contributed by atoms with Crippen molar-refractivity contribution < 1.29 is 0 Å². The van der Waals surface area contributed by atoms with Crippen molar-refractivity contribution in [1.82, 2.24) is 10.2 Å². The van der Waals surface area contributed by atoms with Crippen molar-refractivity contribution in [2.24, 2.45) is 0 Å². The van der Waals surface area contributed by atoms with Crippen LogP contribution in [0, 0.1) is 0 Å². The minimum Gasteiger partial charge on any atom is -0.159 e. The lowest BCUT2D eigenvalue weighted by Crippen LogP contribution is -2.03. The van der Waals surface area contributed by atoms with Gasteiger partial charge in [-0.25, -0.2) is 0 Å². The zero-order valence-electron chi connectivity index (χ0n) is 11.4. The molecule has 1 atom stereocenters. The van der Waals surface area contributed by atoms with Crippen LogP contribution in [0.5, 0.6) is 0 Å². The Labute approximate surface area is 106 Å². The molecule has 0 N–H and O–H groups in total. The molecule has 2 nitrogen and oxygen atoms in total. The Bertz CT molecular complexity index is 272. The fraction of sp³-hybridized carbons (Fsp3) is 0.733. The van der Waals surface area contributed by atoms with E-state index in [-0.39, 0.29) is 0 Å². The maximum absolute atomic E-state index is 4.28. The van der Waals surface area contributed by atoms with E-state index in [2.05, 4.69) is 30.1 Å². The molecule has 0 aliphatic carbocycles. The van der Waals surface area contributed by atoms with Gasteiger partial charge in [0.15, 0.2) is 0 Å². The van der Waals surface area contributed by atoms with Gasteiger partial charge < -0.3 is 0 Å². The fourth-order valence-corrected chi connectivity index (χ4v) is 2.24. The first-order valence-electron chi connectivity index (χ1n) is 7.16. The van der Waals surface area contributed by atoms with Crippen LogP contribution in [-0.2, 0) is 0 Å². The van der Waals surface area contributed by atoms with E-state index in [9.17, 15) is 0 Å². The van der Waals surface area contributed by atoms with Gasteiger partial charge in [0.05, 0.1) is 5.69 Å². The zero-order chi connectivity index (χ0) is 12.3. The molecule has 1 unspecified atom stereocenters. The van der Waals surface area contributed by atoms with Crippen LogP contribution in [0.2, 0.25) is 0 Å². The average Bonchev–Trinajstić information content (AvgIpc) is 2.39. The van der Waals surface area contributed by atoms with Crippen LogP contribution in [0.1, 0.15) is 76.8 Å². The molecule has 1 aromatic rings. The Morgan fingerprint density at radius 1 is 1.00 bits per heavy atom. The van der Waals surface area contributed by atoms with Crippen LogP contribution < -0.4 is 0 Å². The van der Waals surface area contributed by atoms with Crippen molar-refractivity contribution in [2.75, 3.05) is 0 Å². The lowest BCUT2D eigenvalue weighted by Gasteiger charge is -2.15. The maximum Gasteiger partial charge on any atom is 0.0661 e. The topological polar surface area (TPSA) is 25.8 Å². The molecule has 1 aromatic heterocycles. The summed E-state index contributed by atoms with van der Waals surface area (Å²) in [4.78, 5) is 0. The third-order valence-corrected chi connectivity index (χ3v) is 3.32. The Kier molecular flexibility index (Phi) is 7.61. The molecule has 0 fully saturated rings. The van der Waals surface area contributed by atoms with Crippen LogP contribution in [0.4, 0.5) is 0 Å². The number of nitrogens with zero attached hydrogens (tertiary/aromatic N) is 2. The first kappa shape index (κ1) is 14.1. The summed E-state index contributed by atoms with van der Waals surface area (Å²) in [7, 11) is 0. The second-order valence-electron chi connectivity index (χ2n) is 4.84. The van der Waals surface area contributed by atoms with Gasteiger partial charge in [-0.3, -0.25) is 0 Å². The molecule has 0 bridgehead atoms.